The lowest BCUT2D eigenvalue weighted by molar-refractivity contribution is -0.137. The van der Waals surface area contributed by atoms with Crippen molar-refractivity contribution >= 4 is 63.8 Å². The van der Waals surface area contributed by atoms with E-state index in [9.17, 15) is 32.3 Å². The minimum Gasteiger partial charge on any atom is -0.497 e. The number of H-pyrrole nitrogens is 1. The molecule has 3 amide bonds. The minimum absolute atomic E-state index is 0.0994. The molecular weight excluding hydrogens is 715 g/mol. The summed E-state index contributed by atoms with van der Waals surface area (Å²) < 4.78 is 52.0. The van der Waals surface area contributed by atoms with Crippen molar-refractivity contribution in [2.75, 3.05) is 23.9 Å². The molecule has 0 radical (unpaired) electrons. The molecule has 4 aliphatic rings. The van der Waals surface area contributed by atoms with Crippen LogP contribution in [-0.4, -0.2) is 41.7 Å². The number of benzene rings is 3. The number of fused-ring (bicyclic) bond motifs is 9. The Kier molecular flexibility index (Phi) is 8.03. The van der Waals surface area contributed by atoms with Crippen LogP contribution in [0.1, 0.15) is 28.3 Å². The van der Waals surface area contributed by atoms with Gasteiger partial charge in [-0.1, -0.05) is 29.0 Å². The van der Waals surface area contributed by atoms with Crippen LogP contribution in [0.25, 0.3) is 0 Å². The summed E-state index contributed by atoms with van der Waals surface area (Å²) in [5.41, 5.74) is 0.144. The second-order valence-electron chi connectivity index (χ2n) is 12.8. The maximum atomic E-state index is 14.1. The van der Waals surface area contributed by atoms with Gasteiger partial charge in [-0.2, -0.15) is 13.2 Å². The summed E-state index contributed by atoms with van der Waals surface area (Å²) in [6, 6.07) is 16.2. The summed E-state index contributed by atoms with van der Waals surface area (Å²) >= 11 is 9.07. The van der Waals surface area contributed by atoms with Gasteiger partial charge in [0.25, 0.3) is 5.91 Å². The van der Waals surface area contributed by atoms with E-state index in [1.807, 2.05) is 0 Å². The highest BCUT2D eigenvalue weighted by molar-refractivity contribution is 8.00. The summed E-state index contributed by atoms with van der Waals surface area (Å²) in [7, 11) is 1.54. The molecule has 8 rings (SSSR count). The number of methoxy groups -OCH3 is 1. The Balaban J connectivity index is 1.12. The fourth-order valence-electron chi connectivity index (χ4n) is 8.35. The van der Waals surface area contributed by atoms with Gasteiger partial charge in [-0.25, -0.2) is 0 Å². The topological polar surface area (TPSA) is 118 Å². The smallest absolute Gasteiger partial charge is 0.416 e. The number of ether oxygens (including phenoxy) is 2. The van der Waals surface area contributed by atoms with Crippen LogP contribution in [-0.2, 0) is 20.6 Å². The SMILES string of the molecule is COc1ccc(NC(=O)COc2ccc(Cl)cc2[C@H]2c3sc(=O)[nH]c3SC3C4CC(C5C(=O)N(c6cccc(C(F)(F)F)c6)C(=O)C45)C32)cc1. The van der Waals surface area contributed by atoms with Gasteiger partial charge in [-0.05, 0) is 84.8 Å². The molecule has 2 N–H and O–H groups in total. The summed E-state index contributed by atoms with van der Waals surface area (Å²) in [4.78, 5) is 58.0. The number of halogens is 4. The lowest BCUT2D eigenvalue weighted by atomic mass is 9.68. The Morgan fingerprint density at radius 2 is 1.76 bits per heavy atom. The molecule has 3 fully saturated rings. The first kappa shape index (κ1) is 32.9. The Bertz CT molecular complexity index is 2100. The van der Waals surface area contributed by atoms with Crippen molar-refractivity contribution in [1.82, 2.24) is 4.98 Å². The molecule has 9 nitrogen and oxygen atoms in total. The highest BCUT2D eigenvalue weighted by Gasteiger charge is 2.70. The van der Waals surface area contributed by atoms with E-state index in [-0.39, 0.29) is 40.2 Å². The molecule has 3 heterocycles. The van der Waals surface area contributed by atoms with Crippen molar-refractivity contribution in [2.45, 2.75) is 28.8 Å². The quantitative estimate of drug-likeness (QED) is 0.200. The van der Waals surface area contributed by atoms with Crippen LogP contribution in [0.4, 0.5) is 24.5 Å². The lowest BCUT2D eigenvalue weighted by Gasteiger charge is -2.43. The Morgan fingerprint density at radius 1 is 1.02 bits per heavy atom. The summed E-state index contributed by atoms with van der Waals surface area (Å²) in [5.74, 6) is -3.12. The fraction of sp³-hybridized carbons (Fsp3) is 0.314. The first-order valence-corrected chi connectivity index (χ1v) is 17.8. The molecule has 1 saturated heterocycles. The molecular formula is C35H27ClF3N3O6S2. The highest BCUT2D eigenvalue weighted by atomic mass is 35.5. The van der Waals surface area contributed by atoms with E-state index in [2.05, 4.69) is 10.3 Å². The molecule has 7 atom stereocenters. The molecule has 6 unspecified atom stereocenters. The van der Waals surface area contributed by atoms with Gasteiger partial charge >= 0.3 is 11.0 Å². The number of thioether (sulfide) groups is 1. The Labute approximate surface area is 296 Å². The van der Waals surface area contributed by atoms with Crippen LogP contribution in [0, 0.1) is 29.6 Å². The third-order valence-corrected chi connectivity index (χ3v) is 13.0. The molecule has 0 spiro atoms. The van der Waals surface area contributed by atoms with Gasteiger partial charge in [0.15, 0.2) is 6.61 Å². The molecule has 3 aromatic carbocycles. The van der Waals surface area contributed by atoms with Crippen molar-refractivity contribution in [1.29, 1.82) is 0 Å². The van der Waals surface area contributed by atoms with E-state index in [0.29, 0.717) is 39.2 Å². The second-order valence-corrected chi connectivity index (χ2v) is 15.4. The molecule has 15 heteroatoms. The van der Waals surface area contributed by atoms with Crippen molar-refractivity contribution in [3.63, 3.8) is 0 Å². The van der Waals surface area contributed by atoms with Gasteiger partial charge in [0, 0.05) is 32.3 Å². The van der Waals surface area contributed by atoms with Crippen molar-refractivity contribution in [3.8, 4) is 11.5 Å². The normalized spacial score (nSPS) is 26.4. The van der Waals surface area contributed by atoms with Crippen LogP contribution in [0.2, 0.25) is 5.02 Å². The molecule has 50 heavy (non-hydrogen) atoms. The number of thiazole rings is 1. The summed E-state index contributed by atoms with van der Waals surface area (Å²) in [6.45, 7) is -0.331. The number of hydrogen-bond donors (Lipinski definition) is 2. The lowest BCUT2D eigenvalue weighted by Crippen LogP contribution is -2.42. The van der Waals surface area contributed by atoms with E-state index in [0.717, 1.165) is 33.2 Å². The first-order valence-electron chi connectivity index (χ1n) is 15.7. The average molecular weight is 742 g/mol. The largest absolute Gasteiger partial charge is 0.497 e. The summed E-state index contributed by atoms with van der Waals surface area (Å²) in [6.07, 6.45) is -4.07. The monoisotopic (exact) mass is 741 g/mol. The highest BCUT2D eigenvalue weighted by Crippen LogP contribution is 2.69. The number of amides is 3. The predicted molar refractivity (Wildman–Crippen MR) is 181 cm³/mol. The second kappa shape index (κ2) is 12.2. The zero-order chi connectivity index (χ0) is 35.1. The molecule has 1 aromatic heterocycles. The number of carbonyl (C=O) groups excluding carboxylic acids is 3. The maximum absolute atomic E-state index is 14.1. The first-order chi connectivity index (χ1) is 23.9. The maximum Gasteiger partial charge on any atom is 0.416 e. The van der Waals surface area contributed by atoms with Crippen LogP contribution in [0.3, 0.4) is 0 Å². The molecule has 2 bridgehead atoms. The van der Waals surface area contributed by atoms with Gasteiger partial charge in [0.2, 0.25) is 11.8 Å². The summed E-state index contributed by atoms with van der Waals surface area (Å²) in [5, 5.41) is 3.66. The van der Waals surface area contributed by atoms with Crippen LogP contribution >= 0.6 is 34.7 Å². The molecule has 2 aliphatic heterocycles. The number of hydrogen-bond acceptors (Lipinski definition) is 8. The fourth-order valence-corrected chi connectivity index (χ4v) is 11.4. The number of nitrogens with one attached hydrogen (secondary N) is 2. The van der Waals surface area contributed by atoms with Crippen molar-refractivity contribution < 1.29 is 37.0 Å². The number of aromatic amines is 1. The number of imide groups is 1. The van der Waals surface area contributed by atoms with E-state index >= 15 is 0 Å². The Hall–Kier alpha value is -4.27. The number of aromatic nitrogens is 1. The van der Waals surface area contributed by atoms with Crippen molar-refractivity contribution in [2.24, 2.45) is 29.6 Å². The van der Waals surface area contributed by atoms with E-state index < -0.39 is 47.2 Å². The van der Waals surface area contributed by atoms with Crippen LogP contribution in [0.5, 0.6) is 11.5 Å². The third-order valence-electron chi connectivity index (χ3n) is 10.2. The molecule has 258 valence electrons. The number of alkyl halides is 3. The third kappa shape index (κ3) is 5.39. The predicted octanol–water partition coefficient (Wildman–Crippen LogP) is 6.81. The number of carbonyl (C=O) groups is 3. The number of nitrogens with zero attached hydrogens (tertiary/aromatic N) is 1. The van der Waals surface area contributed by atoms with E-state index in [4.69, 9.17) is 21.1 Å². The van der Waals surface area contributed by atoms with Crippen molar-refractivity contribution in [3.05, 3.63) is 97.4 Å². The van der Waals surface area contributed by atoms with Gasteiger partial charge in [-0.15, -0.1) is 11.8 Å². The van der Waals surface area contributed by atoms with Gasteiger partial charge < -0.3 is 19.8 Å². The van der Waals surface area contributed by atoms with Crippen LogP contribution in [0.15, 0.2) is 76.6 Å². The average Bonchev–Trinajstić information content (AvgIpc) is 3.82. The zero-order valence-corrected chi connectivity index (χ0v) is 28.4. The van der Waals surface area contributed by atoms with Gasteiger partial charge in [0.1, 0.15) is 11.5 Å². The van der Waals surface area contributed by atoms with E-state index in [1.54, 1.807) is 49.6 Å². The van der Waals surface area contributed by atoms with Gasteiger partial charge in [-0.3, -0.25) is 24.1 Å². The Morgan fingerprint density at radius 3 is 2.48 bits per heavy atom. The van der Waals surface area contributed by atoms with Gasteiger partial charge in [0.05, 0.1) is 35.2 Å². The number of anilines is 2. The zero-order valence-electron chi connectivity index (χ0n) is 26.0. The molecule has 2 saturated carbocycles. The van der Waals surface area contributed by atoms with E-state index in [1.165, 1.54) is 23.9 Å². The number of rotatable bonds is 7. The minimum atomic E-state index is -4.64. The van der Waals surface area contributed by atoms with Crippen LogP contribution < -0.4 is 24.6 Å². The molecule has 2 aliphatic carbocycles. The standard InChI is InChI=1S/C35H27ClF3N3O6S2/c1-47-19-8-6-17(7-9-19)40-24(43)14-48-23-10-5-16(36)12-20(23)25-26-21-13-22(29(26)49-31-30(25)50-34(46)41-31)28-27(21)32(44)42(33(28)45)18-4-2-3-15(11-18)35(37,38)39/h2-12,21-22,25-29H,13-14H2,1H3,(H,40,43)(H,41,46)/t21?,22?,25-,26?,27?,28?,29?/m1/s1. The molecule has 4 aromatic rings.